The average molecular weight is 467 g/mol. The van der Waals surface area contributed by atoms with Gasteiger partial charge in [0.25, 0.3) is 5.56 Å². The molecule has 0 radical (unpaired) electrons. The van der Waals surface area contributed by atoms with E-state index in [9.17, 15) is 14.4 Å². The molecule has 3 heterocycles. The van der Waals surface area contributed by atoms with Gasteiger partial charge in [0.1, 0.15) is 5.75 Å². The Morgan fingerprint density at radius 2 is 2.06 bits per heavy atom. The van der Waals surface area contributed by atoms with Gasteiger partial charge in [0.15, 0.2) is 0 Å². The van der Waals surface area contributed by atoms with E-state index in [2.05, 4.69) is 22.5 Å². The number of benzene rings is 1. The van der Waals surface area contributed by atoms with E-state index < -0.39 is 17.9 Å². The fraction of sp³-hybridized carbons (Fsp3) is 0.250. The largest absolute Gasteiger partial charge is 0.494 e. The summed E-state index contributed by atoms with van der Waals surface area (Å²) in [6.07, 6.45) is 6.67. The highest BCUT2D eigenvalue weighted by Gasteiger charge is 2.29. The minimum Gasteiger partial charge on any atom is -0.494 e. The van der Waals surface area contributed by atoms with Crippen LogP contribution in [0.1, 0.15) is 31.2 Å². The second-order valence-electron chi connectivity index (χ2n) is 7.70. The summed E-state index contributed by atoms with van der Waals surface area (Å²) in [4.78, 5) is 41.7. The molecule has 1 aliphatic rings. The minimum absolute atomic E-state index is 0.121. The third-order valence-corrected chi connectivity index (χ3v) is 5.55. The standard InChI is InChI=1S/C24H23ClN4O4/c1-2-3-7-33-19-9-15(8-17(25)11-19)20-10-16(21-13-27-24(32)28-22(21)30)14-29(23(20)31)18-5-4-6-26-12-18/h4-6,8-12,14,21H,2-3,7,13H2,1H3,(H2,27,28,30,32). The number of unbranched alkanes of at least 4 members (excludes halogenated alkanes) is 1. The van der Waals surface area contributed by atoms with Crippen molar-refractivity contribution in [2.24, 2.45) is 0 Å². The Hall–Kier alpha value is -3.65. The van der Waals surface area contributed by atoms with Crippen LogP contribution in [0.25, 0.3) is 16.8 Å². The maximum Gasteiger partial charge on any atom is 0.321 e. The molecule has 0 aliphatic carbocycles. The first kappa shape index (κ1) is 22.5. The summed E-state index contributed by atoms with van der Waals surface area (Å²) in [5.74, 6) is -0.536. The molecule has 8 nitrogen and oxygen atoms in total. The quantitative estimate of drug-likeness (QED) is 0.517. The van der Waals surface area contributed by atoms with E-state index in [-0.39, 0.29) is 12.1 Å². The lowest BCUT2D eigenvalue weighted by Gasteiger charge is -2.23. The monoisotopic (exact) mass is 466 g/mol. The summed E-state index contributed by atoms with van der Waals surface area (Å²) in [6.45, 7) is 2.73. The van der Waals surface area contributed by atoms with Crippen LogP contribution in [0.15, 0.2) is 59.8 Å². The first-order valence-electron chi connectivity index (χ1n) is 10.7. The molecule has 0 saturated carbocycles. The van der Waals surface area contributed by atoms with E-state index in [1.165, 1.54) is 4.57 Å². The summed E-state index contributed by atoms with van der Waals surface area (Å²) in [6, 6.07) is 9.75. The predicted octanol–water partition coefficient (Wildman–Crippen LogP) is 3.65. The number of nitrogens with zero attached hydrogens (tertiary/aromatic N) is 2. The van der Waals surface area contributed by atoms with Crippen molar-refractivity contribution in [1.82, 2.24) is 20.2 Å². The number of hydrogen-bond donors (Lipinski definition) is 2. The van der Waals surface area contributed by atoms with E-state index >= 15 is 0 Å². The van der Waals surface area contributed by atoms with E-state index in [1.54, 1.807) is 55.0 Å². The normalized spacial score (nSPS) is 15.6. The van der Waals surface area contributed by atoms with Gasteiger partial charge >= 0.3 is 6.03 Å². The van der Waals surface area contributed by atoms with Crippen LogP contribution in [0, 0.1) is 0 Å². The number of urea groups is 1. The smallest absolute Gasteiger partial charge is 0.321 e. The highest BCUT2D eigenvalue weighted by atomic mass is 35.5. The number of carbonyl (C=O) groups is 2. The summed E-state index contributed by atoms with van der Waals surface area (Å²) >= 11 is 6.34. The highest BCUT2D eigenvalue weighted by Crippen LogP contribution is 2.29. The third-order valence-electron chi connectivity index (χ3n) is 5.33. The molecule has 2 N–H and O–H groups in total. The molecule has 170 valence electrons. The Balaban J connectivity index is 1.85. The lowest BCUT2D eigenvalue weighted by molar-refractivity contribution is -0.122. The maximum absolute atomic E-state index is 13.5. The second kappa shape index (κ2) is 9.87. The Labute approximate surface area is 195 Å². The van der Waals surface area contributed by atoms with Gasteiger partial charge in [-0.25, -0.2) is 4.79 Å². The number of hydrogen-bond acceptors (Lipinski definition) is 5. The van der Waals surface area contributed by atoms with Crippen molar-refractivity contribution in [1.29, 1.82) is 0 Å². The molecular formula is C24H23ClN4O4. The van der Waals surface area contributed by atoms with Crippen LogP contribution >= 0.6 is 11.6 Å². The van der Waals surface area contributed by atoms with Crippen molar-refractivity contribution < 1.29 is 14.3 Å². The number of carbonyl (C=O) groups excluding carboxylic acids is 2. The molecule has 1 aliphatic heterocycles. The third kappa shape index (κ3) is 5.06. The van der Waals surface area contributed by atoms with Gasteiger partial charge in [0, 0.05) is 29.5 Å². The minimum atomic E-state index is -0.663. The van der Waals surface area contributed by atoms with Crippen molar-refractivity contribution in [3.05, 3.63) is 75.9 Å². The summed E-state index contributed by atoms with van der Waals surface area (Å²) in [5.41, 5.74) is 1.74. The zero-order valence-corrected chi connectivity index (χ0v) is 18.8. The summed E-state index contributed by atoms with van der Waals surface area (Å²) in [5, 5.41) is 5.34. The summed E-state index contributed by atoms with van der Waals surface area (Å²) in [7, 11) is 0. The Morgan fingerprint density at radius 3 is 2.79 bits per heavy atom. The van der Waals surface area contributed by atoms with Crippen molar-refractivity contribution in [2.45, 2.75) is 25.7 Å². The van der Waals surface area contributed by atoms with Crippen LogP contribution in [-0.4, -0.2) is 34.6 Å². The molecule has 1 fully saturated rings. The molecule has 3 aromatic rings. The molecule has 2 aromatic heterocycles. The summed E-state index contributed by atoms with van der Waals surface area (Å²) < 4.78 is 7.25. The molecule has 4 rings (SSSR count). The fourth-order valence-electron chi connectivity index (χ4n) is 3.62. The number of nitrogens with one attached hydrogen (secondary N) is 2. The number of rotatable bonds is 7. The van der Waals surface area contributed by atoms with Crippen LogP contribution in [0.2, 0.25) is 5.02 Å². The van der Waals surface area contributed by atoms with E-state index in [1.807, 2.05) is 0 Å². The average Bonchev–Trinajstić information content (AvgIpc) is 2.80. The zero-order chi connectivity index (χ0) is 23.4. The van der Waals surface area contributed by atoms with Crippen molar-refractivity contribution in [3.8, 4) is 22.6 Å². The van der Waals surface area contributed by atoms with Gasteiger partial charge in [-0.2, -0.15) is 0 Å². The van der Waals surface area contributed by atoms with Crippen LogP contribution in [0.3, 0.4) is 0 Å². The van der Waals surface area contributed by atoms with E-state index in [4.69, 9.17) is 16.3 Å². The molecule has 0 bridgehead atoms. The molecule has 3 amide bonds. The Kier molecular flexibility index (Phi) is 6.74. The first-order valence-corrected chi connectivity index (χ1v) is 11.0. The lowest BCUT2D eigenvalue weighted by Crippen LogP contribution is -2.51. The number of aromatic nitrogens is 2. The molecule has 1 unspecified atom stereocenters. The van der Waals surface area contributed by atoms with Crippen LogP contribution in [-0.2, 0) is 4.79 Å². The number of halogens is 1. The SMILES string of the molecule is CCCCOc1cc(Cl)cc(-c2cc(C3CNC(=O)NC3=O)cn(-c3cccnc3)c2=O)c1. The van der Waals surface area contributed by atoms with E-state index in [0.29, 0.717) is 39.8 Å². The molecule has 0 spiro atoms. The predicted molar refractivity (Wildman–Crippen MR) is 125 cm³/mol. The highest BCUT2D eigenvalue weighted by molar-refractivity contribution is 6.31. The molecule has 33 heavy (non-hydrogen) atoms. The second-order valence-corrected chi connectivity index (χ2v) is 8.14. The van der Waals surface area contributed by atoms with Gasteiger partial charge < -0.3 is 10.1 Å². The van der Waals surface area contributed by atoms with Crippen molar-refractivity contribution in [3.63, 3.8) is 0 Å². The number of pyridine rings is 2. The number of amides is 3. The molecule has 9 heteroatoms. The first-order chi connectivity index (χ1) is 16.0. The van der Waals surface area contributed by atoms with Crippen molar-refractivity contribution in [2.75, 3.05) is 13.2 Å². The lowest BCUT2D eigenvalue weighted by atomic mass is 9.95. The van der Waals surface area contributed by atoms with Crippen LogP contribution < -0.4 is 20.9 Å². The van der Waals surface area contributed by atoms with Crippen LogP contribution in [0.4, 0.5) is 4.79 Å². The van der Waals surface area contributed by atoms with Crippen LogP contribution in [0.5, 0.6) is 5.75 Å². The zero-order valence-electron chi connectivity index (χ0n) is 18.0. The van der Waals surface area contributed by atoms with Crippen molar-refractivity contribution >= 4 is 23.5 Å². The van der Waals surface area contributed by atoms with Gasteiger partial charge in [0.05, 0.1) is 24.4 Å². The van der Waals surface area contributed by atoms with Gasteiger partial charge in [0.2, 0.25) is 5.91 Å². The van der Waals surface area contributed by atoms with E-state index in [0.717, 1.165) is 12.8 Å². The fourth-order valence-corrected chi connectivity index (χ4v) is 3.85. The molecule has 1 saturated heterocycles. The number of imide groups is 1. The molecule has 1 atom stereocenters. The van der Waals surface area contributed by atoms with Gasteiger partial charge in [-0.15, -0.1) is 0 Å². The van der Waals surface area contributed by atoms with Gasteiger partial charge in [-0.05, 0) is 53.9 Å². The van der Waals surface area contributed by atoms with Gasteiger partial charge in [-0.3, -0.25) is 24.5 Å². The van der Waals surface area contributed by atoms with Gasteiger partial charge in [-0.1, -0.05) is 24.9 Å². The topological polar surface area (TPSA) is 102 Å². The molecular weight excluding hydrogens is 444 g/mol. The Bertz CT molecular complexity index is 1240. The number of ether oxygens (including phenoxy) is 1. The Morgan fingerprint density at radius 1 is 1.21 bits per heavy atom. The maximum atomic E-state index is 13.5. The molecule has 1 aromatic carbocycles.